The van der Waals surface area contributed by atoms with Crippen LogP contribution in [0.1, 0.15) is 39.5 Å². The Morgan fingerprint density at radius 3 is 2.50 bits per heavy atom. The number of nitrogens with one attached hydrogen (secondary N) is 2. The maximum absolute atomic E-state index is 11.5. The van der Waals surface area contributed by atoms with Gasteiger partial charge in [-0.1, -0.05) is 13.3 Å². The van der Waals surface area contributed by atoms with Crippen LogP contribution in [-0.2, 0) is 9.59 Å². The van der Waals surface area contributed by atoms with Crippen LogP contribution in [-0.4, -0.2) is 29.9 Å². The zero-order valence-electron chi connectivity index (χ0n) is 9.95. The highest BCUT2D eigenvalue weighted by molar-refractivity contribution is 5.89. The number of hydrogen-bond acceptors (Lipinski definition) is 3. The van der Waals surface area contributed by atoms with E-state index in [1.165, 1.54) is 0 Å². The monoisotopic (exact) mass is 227 g/mol. The summed E-state index contributed by atoms with van der Waals surface area (Å²) in [4.78, 5) is 23.1. The highest BCUT2D eigenvalue weighted by Gasteiger charge is 2.26. The Bertz CT molecular complexity index is 264. The van der Waals surface area contributed by atoms with Gasteiger partial charge in [-0.2, -0.15) is 0 Å². The molecule has 16 heavy (non-hydrogen) atoms. The normalized spacial score (nSPS) is 18.7. The lowest BCUT2D eigenvalue weighted by molar-refractivity contribution is -0.129. The third kappa shape index (κ3) is 4.18. The Morgan fingerprint density at radius 1 is 1.38 bits per heavy atom. The standard InChI is InChI=1S/C11H21N3O2/c1-3-4-9(12)11(16)13-7(2)10(15)14-8-5-6-8/h7-9H,3-6,12H2,1-2H3,(H,13,16)(H,14,15)/t7?,9-/m1/s1. The highest BCUT2D eigenvalue weighted by atomic mass is 16.2. The fraction of sp³-hybridized carbons (Fsp3) is 0.818. The average Bonchev–Trinajstić information content (AvgIpc) is 3.01. The first-order valence-electron chi connectivity index (χ1n) is 5.91. The minimum atomic E-state index is -0.513. The first-order chi connectivity index (χ1) is 7.54. The molecule has 0 aromatic carbocycles. The van der Waals surface area contributed by atoms with Crippen molar-refractivity contribution in [1.82, 2.24) is 10.6 Å². The number of carbonyl (C=O) groups excluding carboxylic acids is 2. The molecule has 1 aliphatic rings. The van der Waals surface area contributed by atoms with Gasteiger partial charge in [0, 0.05) is 6.04 Å². The van der Waals surface area contributed by atoms with E-state index in [0.717, 1.165) is 19.3 Å². The predicted octanol–water partition coefficient (Wildman–Crippen LogP) is -0.103. The van der Waals surface area contributed by atoms with E-state index < -0.39 is 12.1 Å². The average molecular weight is 227 g/mol. The van der Waals surface area contributed by atoms with Crippen molar-refractivity contribution in [2.24, 2.45) is 5.73 Å². The number of rotatable bonds is 6. The number of hydrogen-bond donors (Lipinski definition) is 3. The second-order valence-corrected chi connectivity index (χ2v) is 4.41. The van der Waals surface area contributed by atoms with Crippen molar-refractivity contribution in [2.45, 2.75) is 57.7 Å². The van der Waals surface area contributed by atoms with Crippen LogP contribution < -0.4 is 16.4 Å². The molecule has 1 aliphatic carbocycles. The summed E-state index contributed by atoms with van der Waals surface area (Å²) in [6.45, 7) is 3.64. The number of nitrogens with two attached hydrogens (primary N) is 1. The lowest BCUT2D eigenvalue weighted by atomic mass is 10.1. The van der Waals surface area contributed by atoms with Crippen molar-refractivity contribution < 1.29 is 9.59 Å². The van der Waals surface area contributed by atoms with Gasteiger partial charge >= 0.3 is 0 Å². The molecule has 0 radical (unpaired) electrons. The lowest BCUT2D eigenvalue weighted by Gasteiger charge is -2.16. The molecule has 0 aromatic heterocycles. The van der Waals surface area contributed by atoms with Crippen LogP contribution in [0, 0.1) is 0 Å². The molecule has 4 N–H and O–H groups in total. The van der Waals surface area contributed by atoms with Crippen LogP contribution in [0.5, 0.6) is 0 Å². The summed E-state index contributed by atoms with van der Waals surface area (Å²) >= 11 is 0. The van der Waals surface area contributed by atoms with E-state index in [2.05, 4.69) is 10.6 Å². The van der Waals surface area contributed by atoms with Crippen LogP contribution >= 0.6 is 0 Å². The predicted molar refractivity (Wildman–Crippen MR) is 61.7 cm³/mol. The molecule has 0 saturated heterocycles. The molecule has 1 unspecified atom stereocenters. The van der Waals surface area contributed by atoms with Gasteiger partial charge in [0.05, 0.1) is 6.04 Å². The van der Waals surface area contributed by atoms with Gasteiger partial charge < -0.3 is 16.4 Å². The summed E-state index contributed by atoms with van der Waals surface area (Å²) in [6, 6.07) is -0.701. The van der Waals surface area contributed by atoms with Gasteiger partial charge in [0.1, 0.15) is 6.04 Å². The summed E-state index contributed by atoms with van der Waals surface area (Å²) in [5, 5.41) is 5.46. The molecule has 2 atom stereocenters. The van der Waals surface area contributed by atoms with Crippen LogP contribution in [0.25, 0.3) is 0 Å². The first kappa shape index (κ1) is 13.0. The fourth-order valence-electron chi connectivity index (χ4n) is 1.38. The fourth-order valence-corrected chi connectivity index (χ4v) is 1.38. The summed E-state index contributed by atoms with van der Waals surface area (Å²) < 4.78 is 0. The van der Waals surface area contributed by atoms with E-state index in [0.29, 0.717) is 12.5 Å². The minimum Gasteiger partial charge on any atom is -0.352 e. The third-order valence-corrected chi connectivity index (χ3v) is 2.61. The van der Waals surface area contributed by atoms with Crippen molar-refractivity contribution >= 4 is 11.8 Å². The second kappa shape index (κ2) is 5.84. The van der Waals surface area contributed by atoms with Crippen LogP contribution in [0.2, 0.25) is 0 Å². The Balaban J connectivity index is 2.28. The van der Waals surface area contributed by atoms with Crippen LogP contribution in [0.3, 0.4) is 0 Å². The maximum Gasteiger partial charge on any atom is 0.242 e. The molecule has 0 spiro atoms. The smallest absolute Gasteiger partial charge is 0.242 e. The quantitative estimate of drug-likeness (QED) is 0.592. The van der Waals surface area contributed by atoms with Crippen molar-refractivity contribution in [3.63, 3.8) is 0 Å². The molecule has 0 aliphatic heterocycles. The molecule has 0 bridgehead atoms. The van der Waals surface area contributed by atoms with E-state index in [-0.39, 0.29) is 11.8 Å². The summed E-state index contributed by atoms with van der Waals surface area (Å²) in [6.07, 6.45) is 3.59. The molecule has 5 nitrogen and oxygen atoms in total. The van der Waals surface area contributed by atoms with Crippen molar-refractivity contribution in [2.75, 3.05) is 0 Å². The zero-order chi connectivity index (χ0) is 12.1. The Labute approximate surface area is 96.1 Å². The Kier molecular flexibility index (Phi) is 4.73. The minimum absolute atomic E-state index is 0.125. The number of carbonyl (C=O) groups is 2. The molecular formula is C11H21N3O2. The zero-order valence-corrected chi connectivity index (χ0v) is 9.95. The van der Waals surface area contributed by atoms with Gasteiger partial charge in [-0.25, -0.2) is 0 Å². The second-order valence-electron chi connectivity index (χ2n) is 4.41. The van der Waals surface area contributed by atoms with Crippen molar-refractivity contribution in [3.8, 4) is 0 Å². The molecular weight excluding hydrogens is 206 g/mol. The molecule has 5 heteroatoms. The van der Waals surface area contributed by atoms with Gasteiger partial charge in [-0.3, -0.25) is 9.59 Å². The molecule has 1 fully saturated rings. The van der Waals surface area contributed by atoms with Gasteiger partial charge in [0.15, 0.2) is 0 Å². The molecule has 1 rings (SSSR count). The largest absolute Gasteiger partial charge is 0.352 e. The highest BCUT2D eigenvalue weighted by Crippen LogP contribution is 2.18. The topological polar surface area (TPSA) is 84.2 Å². The third-order valence-electron chi connectivity index (χ3n) is 2.61. The lowest BCUT2D eigenvalue weighted by Crippen LogP contribution is -2.50. The van der Waals surface area contributed by atoms with Crippen molar-refractivity contribution in [3.05, 3.63) is 0 Å². The first-order valence-corrected chi connectivity index (χ1v) is 5.91. The van der Waals surface area contributed by atoms with E-state index in [9.17, 15) is 9.59 Å². The van der Waals surface area contributed by atoms with E-state index in [1.807, 2.05) is 6.92 Å². The van der Waals surface area contributed by atoms with Gasteiger partial charge in [0.25, 0.3) is 0 Å². The van der Waals surface area contributed by atoms with Gasteiger partial charge in [0.2, 0.25) is 11.8 Å². The Morgan fingerprint density at radius 2 is 2.00 bits per heavy atom. The van der Waals surface area contributed by atoms with E-state index >= 15 is 0 Å². The number of amides is 2. The summed E-state index contributed by atoms with van der Waals surface area (Å²) in [5.41, 5.74) is 5.65. The SMILES string of the molecule is CCC[C@@H](N)C(=O)NC(C)C(=O)NC1CC1. The molecule has 0 heterocycles. The Hall–Kier alpha value is -1.10. The van der Waals surface area contributed by atoms with Gasteiger partial charge in [-0.15, -0.1) is 0 Å². The maximum atomic E-state index is 11.5. The molecule has 1 saturated carbocycles. The van der Waals surface area contributed by atoms with Crippen molar-refractivity contribution in [1.29, 1.82) is 0 Å². The summed E-state index contributed by atoms with van der Waals surface area (Å²) in [5.74, 6) is -0.375. The molecule has 0 aromatic rings. The summed E-state index contributed by atoms with van der Waals surface area (Å²) in [7, 11) is 0. The van der Waals surface area contributed by atoms with E-state index in [4.69, 9.17) is 5.73 Å². The molecule has 2 amide bonds. The van der Waals surface area contributed by atoms with Crippen LogP contribution in [0.4, 0.5) is 0 Å². The van der Waals surface area contributed by atoms with Gasteiger partial charge in [-0.05, 0) is 26.2 Å². The molecule has 92 valence electrons. The van der Waals surface area contributed by atoms with E-state index in [1.54, 1.807) is 6.92 Å². The van der Waals surface area contributed by atoms with Crippen LogP contribution in [0.15, 0.2) is 0 Å².